The first kappa shape index (κ1) is 8.56. The molecule has 0 unspecified atom stereocenters. The van der Waals surface area contributed by atoms with E-state index in [0.29, 0.717) is 12.6 Å². The Morgan fingerprint density at radius 3 is 3.15 bits per heavy atom. The van der Waals surface area contributed by atoms with Crippen molar-refractivity contribution in [2.75, 3.05) is 18.0 Å². The largest absolute Gasteiger partial charge is 0.432 e. The van der Waals surface area contributed by atoms with E-state index in [9.17, 15) is 5.11 Å². The van der Waals surface area contributed by atoms with Crippen LogP contribution in [0.25, 0.3) is 0 Å². The summed E-state index contributed by atoms with van der Waals surface area (Å²) >= 11 is 0. The molecular weight excluding hydrogens is 168 g/mol. The van der Waals surface area contributed by atoms with Crippen molar-refractivity contribution in [3.63, 3.8) is 0 Å². The Hall–Kier alpha value is -1.03. The molecule has 13 heavy (non-hydrogen) atoms. The Labute approximate surface area is 77.2 Å². The van der Waals surface area contributed by atoms with Gasteiger partial charge in [-0.2, -0.15) is 4.98 Å². The number of nitrogens with zero attached hydrogens (tertiary/aromatic N) is 2. The Balaban J connectivity index is 2.08. The van der Waals surface area contributed by atoms with E-state index in [2.05, 4.69) is 4.98 Å². The maximum Gasteiger partial charge on any atom is 0.297 e. The van der Waals surface area contributed by atoms with Crippen LogP contribution in [0.3, 0.4) is 0 Å². The molecule has 0 aromatic carbocycles. The number of oxazole rings is 1. The molecule has 1 aliphatic heterocycles. The van der Waals surface area contributed by atoms with E-state index >= 15 is 0 Å². The third-order valence-electron chi connectivity index (χ3n) is 2.34. The van der Waals surface area contributed by atoms with Gasteiger partial charge in [-0.3, -0.25) is 0 Å². The van der Waals surface area contributed by atoms with Gasteiger partial charge in [-0.25, -0.2) is 0 Å². The normalized spacial score (nSPS) is 22.6. The van der Waals surface area contributed by atoms with Gasteiger partial charge in [0.25, 0.3) is 6.01 Å². The Morgan fingerprint density at radius 1 is 1.77 bits per heavy atom. The zero-order valence-corrected chi connectivity index (χ0v) is 7.73. The summed E-state index contributed by atoms with van der Waals surface area (Å²) in [6, 6.07) is 0.647. The number of rotatable bonds is 2. The van der Waals surface area contributed by atoms with E-state index in [1.165, 1.54) is 0 Å². The molecule has 2 rings (SSSR count). The van der Waals surface area contributed by atoms with E-state index in [1.807, 2.05) is 11.8 Å². The Kier molecular flexibility index (Phi) is 2.22. The average molecular weight is 182 g/mol. The van der Waals surface area contributed by atoms with Crippen LogP contribution in [0.4, 0.5) is 6.01 Å². The van der Waals surface area contributed by atoms with Gasteiger partial charge in [0.05, 0.1) is 11.8 Å². The SMILES string of the molecule is CCc1coc(N2CC[C@H](O)C2)n1. The molecule has 1 saturated heterocycles. The molecule has 0 saturated carbocycles. The van der Waals surface area contributed by atoms with Crippen molar-refractivity contribution in [3.05, 3.63) is 12.0 Å². The summed E-state index contributed by atoms with van der Waals surface area (Å²) < 4.78 is 5.29. The van der Waals surface area contributed by atoms with Gasteiger partial charge in [0.1, 0.15) is 6.26 Å². The first-order chi connectivity index (χ1) is 6.29. The number of aromatic nitrogens is 1. The summed E-state index contributed by atoms with van der Waals surface area (Å²) in [5, 5.41) is 9.31. The Bertz CT molecular complexity index is 285. The molecular formula is C9H14N2O2. The van der Waals surface area contributed by atoms with E-state index in [-0.39, 0.29) is 6.10 Å². The summed E-state index contributed by atoms with van der Waals surface area (Å²) in [6.45, 7) is 3.52. The maximum absolute atomic E-state index is 9.31. The molecule has 2 heterocycles. The van der Waals surface area contributed by atoms with Crippen molar-refractivity contribution in [1.82, 2.24) is 4.98 Å². The second kappa shape index (κ2) is 3.38. The molecule has 0 amide bonds. The highest BCUT2D eigenvalue weighted by Gasteiger charge is 2.23. The molecule has 1 aromatic rings. The van der Waals surface area contributed by atoms with Crippen molar-refractivity contribution >= 4 is 6.01 Å². The highest BCUT2D eigenvalue weighted by molar-refractivity contribution is 5.29. The van der Waals surface area contributed by atoms with Crippen molar-refractivity contribution in [2.24, 2.45) is 0 Å². The minimum Gasteiger partial charge on any atom is -0.432 e. The molecule has 0 spiro atoms. The fourth-order valence-corrected chi connectivity index (χ4v) is 1.52. The first-order valence-electron chi connectivity index (χ1n) is 4.67. The lowest BCUT2D eigenvalue weighted by Gasteiger charge is -2.10. The molecule has 1 N–H and O–H groups in total. The minimum absolute atomic E-state index is 0.225. The van der Waals surface area contributed by atoms with E-state index in [0.717, 1.165) is 25.1 Å². The van der Waals surface area contributed by atoms with Crippen LogP contribution in [0.1, 0.15) is 19.0 Å². The van der Waals surface area contributed by atoms with Crippen LogP contribution in [0.5, 0.6) is 0 Å². The predicted molar refractivity (Wildman–Crippen MR) is 48.7 cm³/mol. The van der Waals surface area contributed by atoms with E-state index < -0.39 is 0 Å². The molecule has 1 aliphatic rings. The third kappa shape index (κ3) is 1.67. The van der Waals surface area contributed by atoms with Gasteiger partial charge in [0, 0.05) is 13.1 Å². The second-order valence-electron chi connectivity index (χ2n) is 3.36. The topological polar surface area (TPSA) is 49.5 Å². The summed E-state index contributed by atoms with van der Waals surface area (Å²) in [5.41, 5.74) is 0.969. The van der Waals surface area contributed by atoms with Crippen LogP contribution in [-0.4, -0.2) is 29.3 Å². The molecule has 4 nitrogen and oxygen atoms in total. The molecule has 1 aromatic heterocycles. The van der Waals surface area contributed by atoms with E-state index in [1.54, 1.807) is 6.26 Å². The summed E-state index contributed by atoms with van der Waals surface area (Å²) in [6.07, 6.45) is 3.15. The fourth-order valence-electron chi connectivity index (χ4n) is 1.52. The lowest BCUT2D eigenvalue weighted by molar-refractivity contribution is 0.198. The number of aliphatic hydroxyl groups excluding tert-OH is 1. The second-order valence-corrected chi connectivity index (χ2v) is 3.36. The average Bonchev–Trinajstić information content (AvgIpc) is 2.71. The highest BCUT2D eigenvalue weighted by atomic mass is 16.4. The summed E-state index contributed by atoms with van der Waals surface area (Å²) in [5.74, 6) is 0. The van der Waals surface area contributed by atoms with Gasteiger partial charge in [-0.15, -0.1) is 0 Å². The van der Waals surface area contributed by atoms with Crippen LogP contribution < -0.4 is 4.90 Å². The van der Waals surface area contributed by atoms with Gasteiger partial charge < -0.3 is 14.4 Å². The monoisotopic (exact) mass is 182 g/mol. The number of hydrogen-bond acceptors (Lipinski definition) is 4. The maximum atomic E-state index is 9.31. The zero-order chi connectivity index (χ0) is 9.26. The van der Waals surface area contributed by atoms with Crippen LogP contribution >= 0.6 is 0 Å². The fraction of sp³-hybridized carbons (Fsp3) is 0.667. The van der Waals surface area contributed by atoms with E-state index in [4.69, 9.17) is 4.42 Å². The van der Waals surface area contributed by atoms with Gasteiger partial charge in [0.2, 0.25) is 0 Å². The minimum atomic E-state index is -0.225. The van der Waals surface area contributed by atoms with Gasteiger partial charge >= 0.3 is 0 Å². The molecule has 1 atom stereocenters. The molecule has 0 radical (unpaired) electrons. The number of aryl methyl sites for hydroxylation is 1. The molecule has 0 bridgehead atoms. The van der Waals surface area contributed by atoms with Crippen molar-refractivity contribution < 1.29 is 9.52 Å². The zero-order valence-electron chi connectivity index (χ0n) is 7.73. The number of hydrogen-bond donors (Lipinski definition) is 1. The molecule has 72 valence electrons. The smallest absolute Gasteiger partial charge is 0.297 e. The van der Waals surface area contributed by atoms with Crippen LogP contribution in [0.2, 0.25) is 0 Å². The quantitative estimate of drug-likeness (QED) is 0.735. The van der Waals surface area contributed by atoms with Crippen molar-refractivity contribution in [3.8, 4) is 0 Å². The molecule has 1 fully saturated rings. The molecule has 0 aliphatic carbocycles. The van der Waals surface area contributed by atoms with Crippen LogP contribution in [-0.2, 0) is 6.42 Å². The number of β-amino-alcohol motifs (C(OH)–C–C–N with tert-alkyl or cyclic N) is 1. The van der Waals surface area contributed by atoms with Crippen LogP contribution in [0.15, 0.2) is 10.7 Å². The summed E-state index contributed by atoms with van der Waals surface area (Å²) in [4.78, 5) is 6.27. The number of anilines is 1. The third-order valence-corrected chi connectivity index (χ3v) is 2.34. The summed E-state index contributed by atoms with van der Waals surface area (Å²) in [7, 11) is 0. The van der Waals surface area contributed by atoms with Crippen molar-refractivity contribution in [2.45, 2.75) is 25.9 Å². The van der Waals surface area contributed by atoms with Crippen LogP contribution in [0, 0.1) is 0 Å². The van der Waals surface area contributed by atoms with Crippen molar-refractivity contribution in [1.29, 1.82) is 0 Å². The predicted octanol–water partition coefficient (Wildman–Crippen LogP) is 0.808. The van der Waals surface area contributed by atoms with Gasteiger partial charge in [-0.1, -0.05) is 6.92 Å². The standard InChI is InChI=1S/C9H14N2O2/c1-2-7-6-13-9(10-7)11-4-3-8(12)5-11/h6,8,12H,2-5H2,1H3/t8-/m0/s1. The molecule has 4 heteroatoms. The van der Waals surface area contributed by atoms with Gasteiger partial charge in [0.15, 0.2) is 0 Å². The Morgan fingerprint density at radius 2 is 2.62 bits per heavy atom. The highest BCUT2D eigenvalue weighted by Crippen LogP contribution is 2.19. The lowest BCUT2D eigenvalue weighted by atomic mass is 10.3. The first-order valence-corrected chi connectivity index (χ1v) is 4.67. The lowest BCUT2D eigenvalue weighted by Crippen LogP contribution is -2.21. The van der Waals surface area contributed by atoms with Gasteiger partial charge in [-0.05, 0) is 12.8 Å². The number of aliphatic hydroxyl groups is 1.